The van der Waals surface area contributed by atoms with E-state index >= 15 is 0 Å². The molecule has 0 aliphatic carbocycles. The molecule has 2 nitrogen and oxygen atoms in total. The van der Waals surface area contributed by atoms with Gasteiger partial charge >= 0.3 is 0 Å². The Bertz CT molecular complexity index is 599. The Balaban J connectivity index is 2.22. The van der Waals surface area contributed by atoms with Crippen molar-refractivity contribution in [1.29, 1.82) is 0 Å². The van der Waals surface area contributed by atoms with Crippen molar-refractivity contribution in [2.24, 2.45) is 0 Å². The summed E-state index contributed by atoms with van der Waals surface area (Å²) in [7, 11) is 0. The molecule has 0 radical (unpaired) electrons. The fourth-order valence-electron chi connectivity index (χ4n) is 2.42. The normalized spacial score (nSPS) is 10.9. The largest absolute Gasteiger partial charge is 0.494 e. The Morgan fingerprint density at radius 1 is 0.909 bits per heavy atom. The lowest BCUT2D eigenvalue weighted by atomic mass is 10.0. The lowest BCUT2D eigenvalue weighted by Crippen LogP contribution is -2.01. The second-order valence-electron chi connectivity index (χ2n) is 5.06. The van der Waals surface area contributed by atoms with Crippen molar-refractivity contribution >= 4 is 42.6 Å². The van der Waals surface area contributed by atoms with Crippen LogP contribution in [-0.4, -0.2) is 23.9 Å². The van der Waals surface area contributed by atoms with Crippen LogP contribution in [0.3, 0.4) is 0 Å². The van der Waals surface area contributed by atoms with Crippen molar-refractivity contribution in [2.45, 2.75) is 26.2 Å². The Labute approximate surface area is 149 Å². The average molecular weight is 430 g/mol. The molecule has 0 unspecified atom stereocenters. The molecular weight excluding hydrogens is 408 g/mol. The lowest BCUT2D eigenvalue weighted by Gasteiger charge is -2.14. The molecule has 0 saturated heterocycles. The van der Waals surface area contributed by atoms with Gasteiger partial charge in [-0.05, 0) is 48.2 Å². The number of aryl methyl sites for hydroxylation is 1. The molecule has 0 aliphatic rings. The maximum absolute atomic E-state index is 5.92. The maximum Gasteiger partial charge on any atom is 0.123 e. The number of hydrogen-bond acceptors (Lipinski definition) is 2. The van der Waals surface area contributed by atoms with Gasteiger partial charge in [-0.2, -0.15) is 0 Å². The summed E-state index contributed by atoms with van der Waals surface area (Å²) in [5.74, 6) is 1.94. The van der Waals surface area contributed by atoms with Gasteiger partial charge in [0.1, 0.15) is 11.5 Å². The third-order valence-corrected chi connectivity index (χ3v) is 4.62. The van der Waals surface area contributed by atoms with Crippen LogP contribution in [0.1, 0.15) is 25.3 Å². The second-order valence-corrected chi connectivity index (χ2v) is 6.65. The Morgan fingerprint density at radius 3 is 2.32 bits per heavy atom. The molecule has 22 heavy (non-hydrogen) atoms. The topological polar surface area (TPSA) is 18.5 Å². The summed E-state index contributed by atoms with van der Waals surface area (Å²) < 4.78 is 11.7. The van der Waals surface area contributed by atoms with E-state index in [0.717, 1.165) is 54.6 Å². The number of rotatable bonds is 9. The van der Waals surface area contributed by atoms with Gasteiger partial charge in [0, 0.05) is 16.2 Å². The minimum absolute atomic E-state index is 0.741. The van der Waals surface area contributed by atoms with Gasteiger partial charge in [0.05, 0.1) is 13.2 Å². The molecule has 0 aromatic heterocycles. The predicted molar refractivity (Wildman–Crippen MR) is 101 cm³/mol. The third-order valence-electron chi connectivity index (χ3n) is 3.50. The van der Waals surface area contributed by atoms with E-state index < -0.39 is 0 Å². The molecule has 2 aromatic rings. The van der Waals surface area contributed by atoms with E-state index in [2.05, 4.69) is 69.1 Å². The summed E-state index contributed by atoms with van der Waals surface area (Å²) >= 11 is 6.85. The summed E-state index contributed by atoms with van der Waals surface area (Å²) in [5.41, 5.74) is 1.28. The number of halogens is 2. The molecule has 2 rings (SSSR count). The average Bonchev–Trinajstić information content (AvgIpc) is 2.55. The molecule has 0 heterocycles. The molecule has 4 heteroatoms. The van der Waals surface area contributed by atoms with Gasteiger partial charge in [-0.25, -0.2) is 0 Å². The fourth-order valence-corrected chi connectivity index (χ4v) is 2.88. The molecule has 120 valence electrons. The third kappa shape index (κ3) is 4.63. The van der Waals surface area contributed by atoms with Crippen LogP contribution in [0, 0.1) is 0 Å². The molecule has 0 bridgehead atoms. The van der Waals surface area contributed by atoms with Gasteiger partial charge in [0.25, 0.3) is 0 Å². The monoisotopic (exact) mass is 428 g/mol. The van der Waals surface area contributed by atoms with Crippen molar-refractivity contribution in [2.75, 3.05) is 23.9 Å². The van der Waals surface area contributed by atoms with Crippen molar-refractivity contribution in [1.82, 2.24) is 0 Å². The molecular formula is C18H22Br2O2. The molecule has 0 saturated carbocycles. The number of ether oxygens (including phenoxy) is 2. The number of alkyl halides is 2. The van der Waals surface area contributed by atoms with Gasteiger partial charge in [0.2, 0.25) is 0 Å². The number of benzene rings is 2. The van der Waals surface area contributed by atoms with Crippen LogP contribution in [-0.2, 0) is 6.42 Å². The van der Waals surface area contributed by atoms with Crippen LogP contribution in [0.5, 0.6) is 11.5 Å². The van der Waals surface area contributed by atoms with E-state index in [1.54, 1.807) is 0 Å². The Morgan fingerprint density at radius 2 is 1.64 bits per heavy atom. The number of hydrogen-bond donors (Lipinski definition) is 0. The van der Waals surface area contributed by atoms with E-state index in [1.807, 2.05) is 0 Å². The first-order valence-electron chi connectivity index (χ1n) is 7.73. The van der Waals surface area contributed by atoms with Crippen molar-refractivity contribution in [3.63, 3.8) is 0 Å². The van der Waals surface area contributed by atoms with E-state index in [9.17, 15) is 0 Å². The Hall–Kier alpha value is -0.740. The van der Waals surface area contributed by atoms with Crippen LogP contribution in [0.15, 0.2) is 30.3 Å². The minimum Gasteiger partial charge on any atom is -0.494 e. The van der Waals surface area contributed by atoms with E-state index in [1.165, 1.54) is 16.3 Å². The first-order chi connectivity index (χ1) is 10.8. The second kappa shape index (κ2) is 9.41. The Kier molecular flexibility index (Phi) is 7.53. The zero-order valence-electron chi connectivity index (χ0n) is 12.9. The summed E-state index contributed by atoms with van der Waals surface area (Å²) in [6.07, 6.45) is 2.99. The van der Waals surface area contributed by atoms with Gasteiger partial charge in [-0.15, -0.1) is 0 Å². The SMILES string of the molecule is CCc1c(OCCCBr)ccc2cc(OCCCBr)ccc12. The van der Waals surface area contributed by atoms with E-state index in [0.29, 0.717) is 0 Å². The highest BCUT2D eigenvalue weighted by Crippen LogP contribution is 2.31. The van der Waals surface area contributed by atoms with Gasteiger partial charge in [-0.3, -0.25) is 0 Å². The minimum atomic E-state index is 0.741. The first-order valence-corrected chi connectivity index (χ1v) is 9.97. The van der Waals surface area contributed by atoms with Crippen LogP contribution < -0.4 is 9.47 Å². The van der Waals surface area contributed by atoms with Crippen molar-refractivity contribution in [3.05, 3.63) is 35.9 Å². The zero-order valence-corrected chi connectivity index (χ0v) is 16.1. The molecule has 0 amide bonds. The quantitative estimate of drug-likeness (QED) is 0.374. The molecule has 0 atom stereocenters. The predicted octanol–water partition coefficient (Wildman–Crippen LogP) is 5.73. The smallest absolute Gasteiger partial charge is 0.123 e. The maximum atomic E-state index is 5.92. The zero-order chi connectivity index (χ0) is 15.8. The van der Waals surface area contributed by atoms with Crippen LogP contribution in [0.25, 0.3) is 10.8 Å². The number of fused-ring (bicyclic) bond motifs is 1. The standard InChI is InChI=1S/C18H22Br2O2/c1-2-16-17-7-6-15(21-11-3-9-19)13-14(17)5-8-18(16)22-12-4-10-20/h5-8,13H,2-4,9-12H2,1H3. The summed E-state index contributed by atoms with van der Waals surface area (Å²) in [5, 5.41) is 4.40. The fraction of sp³-hybridized carbons (Fsp3) is 0.444. The van der Waals surface area contributed by atoms with E-state index in [-0.39, 0.29) is 0 Å². The van der Waals surface area contributed by atoms with Gasteiger partial charge < -0.3 is 9.47 Å². The molecule has 0 N–H and O–H groups in total. The van der Waals surface area contributed by atoms with Gasteiger partial charge in [0.15, 0.2) is 0 Å². The van der Waals surface area contributed by atoms with Crippen molar-refractivity contribution < 1.29 is 9.47 Å². The highest BCUT2D eigenvalue weighted by atomic mass is 79.9. The van der Waals surface area contributed by atoms with Crippen molar-refractivity contribution in [3.8, 4) is 11.5 Å². The lowest BCUT2D eigenvalue weighted by molar-refractivity contribution is 0.316. The van der Waals surface area contributed by atoms with E-state index in [4.69, 9.17) is 9.47 Å². The molecule has 0 fully saturated rings. The molecule has 0 aliphatic heterocycles. The summed E-state index contributed by atoms with van der Waals surface area (Å²) in [6, 6.07) is 10.5. The highest BCUT2D eigenvalue weighted by Gasteiger charge is 2.08. The highest BCUT2D eigenvalue weighted by molar-refractivity contribution is 9.09. The van der Waals surface area contributed by atoms with Crippen LogP contribution in [0.2, 0.25) is 0 Å². The van der Waals surface area contributed by atoms with Crippen LogP contribution in [0.4, 0.5) is 0 Å². The molecule has 2 aromatic carbocycles. The molecule has 0 spiro atoms. The van der Waals surface area contributed by atoms with Crippen LogP contribution >= 0.6 is 31.9 Å². The van der Waals surface area contributed by atoms with Gasteiger partial charge in [-0.1, -0.05) is 50.9 Å². The summed E-state index contributed by atoms with van der Waals surface area (Å²) in [4.78, 5) is 0. The first kappa shape index (κ1) is 17.6. The summed E-state index contributed by atoms with van der Waals surface area (Å²) in [6.45, 7) is 3.66.